The zero-order valence-electron chi connectivity index (χ0n) is 11.0. The number of carbonyl (C=O) groups is 1. The topological polar surface area (TPSA) is 37.3 Å². The van der Waals surface area contributed by atoms with Crippen molar-refractivity contribution in [3.05, 3.63) is 35.9 Å². The van der Waals surface area contributed by atoms with Crippen LogP contribution in [0.15, 0.2) is 30.3 Å². The third kappa shape index (κ3) is 2.99. The smallest absolute Gasteiger partial charge is 0.168 e. The van der Waals surface area contributed by atoms with Crippen molar-refractivity contribution < 1.29 is 9.90 Å². The Morgan fingerprint density at radius 1 is 1.33 bits per heavy atom. The lowest BCUT2D eigenvalue weighted by atomic mass is 9.76. The quantitative estimate of drug-likeness (QED) is 0.882. The van der Waals surface area contributed by atoms with Crippen LogP contribution in [-0.4, -0.2) is 10.9 Å². The Labute approximate surface area is 109 Å². The lowest BCUT2D eigenvalue weighted by Crippen LogP contribution is -2.27. The summed E-state index contributed by atoms with van der Waals surface area (Å²) in [7, 11) is 0. The van der Waals surface area contributed by atoms with Gasteiger partial charge in [-0.3, -0.25) is 4.79 Å². The van der Waals surface area contributed by atoms with Crippen molar-refractivity contribution >= 4 is 5.78 Å². The maximum atomic E-state index is 12.3. The van der Waals surface area contributed by atoms with Gasteiger partial charge in [0.15, 0.2) is 5.78 Å². The molecule has 0 aromatic heterocycles. The van der Waals surface area contributed by atoms with Crippen LogP contribution in [0.25, 0.3) is 0 Å². The van der Waals surface area contributed by atoms with Crippen LogP contribution < -0.4 is 0 Å². The highest BCUT2D eigenvalue weighted by Crippen LogP contribution is 2.34. The van der Waals surface area contributed by atoms with E-state index in [2.05, 4.69) is 6.92 Å². The third-order valence-electron chi connectivity index (χ3n) is 4.15. The lowest BCUT2D eigenvalue weighted by molar-refractivity contribution is -0.133. The molecule has 0 aliphatic heterocycles. The van der Waals surface area contributed by atoms with Gasteiger partial charge in [0, 0.05) is 5.92 Å². The molecule has 1 aliphatic carbocycles. The van der Waals surface area contributed by atoms with Gasteiger partial charge in [-0.25, -0.2) is 0 Å². The minimum absolute atomic E-state index is 0.0133. The number of rotatable bonds is 4. The molecule has 18 heavy (non-hydrogen) atoms. The van der Waals surface area contributed by atoms with Crippen LogP contribution >= 0.6 is 0 Å². The number of Topliss-reactive ketones (excluding diaryl/α,β-unsaturated/α-hetero) is 1. The molecular weight excluding hydrogens is 224 g/mol. The molecule has 0 radical (unpaired) electrons. The second kappa shape index (κ2) is 6.14. The largest absolute Gasteiger partial charge is 0.381 e. The normalized spacial score (nSPS) is 25.7. The van der Waals surface area contributed by atoms with E-state index in [0.717, 1.165) is 31.2 Å². The van der Waals surface area contributed by atoms with Crippen LogP contribution in [0.3, 0.4) is 0 Å². The molecule has 1 aliphatic rings. The highest BCUT2D eigenvalue weighted by molar-refractivity contribution is 5.86. The fraction of sp³-hybridized carbons (Fsp3) is 0.562. The van der Waals surface area contributed by atoms with E-state index in [-0.39, 0.29) is 11.7 Å². The van der Waals surface area contributed by atoms with Crippen molar-refractivity contribution in [2.75, 3.05) is 0 Å². The molecule has 3 atom stereocenters. The molecule has 0 amide bonds. The van der Waals surface area contributed by atoms with Crippen molar-refractivity contribution in [3.8, 4) is 0 Å². The number of carbonyl (C=O) groups excluding carboxylic acids is 1. The minimum Gasteiger partial charge on any atom is -0.381 e. The van der Waals surface area contributed by atoms with Crippen LogP contribution in [-0.2, 0) is 4.79 Å². The van der Waals surface area contributed by atoms with Crippen molar-refractivity contribution in [1.29, 1.82) is 0 Å². The first-order valence-corrected chi connectivity index (χ1v) is 6.99. The first kappa shape index (κ1) is 13.3. The molecule has 1 saturated carbocycles. The van der Waals surface area contributed by atoms with Gasteiger partial charge in [-0.2, -0.15) is 0 Å². The number of benzene rings is 1. The van der Waals surface area contributed by atoms with E-state index in [1.54, 1.807) is 0 Å². The molecule has 0 bridgehead atoms. The molecule has 98 valence electrons. The van der Waals surface area contributed by atoms with Gasteiger partial charge in [-0.15, -0.1) is 0 Å². The molecule has 2 heteroatoms. The third-order valence-corrected chi connectivity index (χ3v) is 4.15. The second-order valence-electron chi connectivity index (χ2n) is 5.35. The summed E-state index contributed by atoms with van der Waals surface area (Å²) in [5.74, 6) is 0.730. The van der Waals surface area contributed by atoms with Crippen molar-refractivity contribution in [3.63, 3.8) is 0 Å². The van der Waals surface area contributed by atoms with Gasteiger partial charge in [-0.05, 0) is 24.3 Å². The molecule has 2 nitrogen and oxygen atoms in total. The van der Waals surface area contributed by atoms with E-state index in [1.807, 2.05) is 30.3 Å². The maximum absolute atomic E-state index is 12.3. The molecule has 2 rings (SSSR count). The van der Waals surface area contributed by atoms with Gasteiger partial charge in [0.05, 0.1) is 0 Å². The zero-order chi connectivity index (χ0) is 13.0. The first-order valence-electron chi connectivity index (χ1n) is 6.99. The summed E-state index contributed by atoms with van der Waals surface area (Å²) in [6.07, 6.45) is 4.47. The Morgan fingerprint density at radius 3 is 2.72 bits per heavy atom. The summed E-state index contributed by atoms with van der Waals surface area (Å²) in [4.78, 5) is 12.3. The van der Waals surface area contributed by atoms with Crippen molar-refractivity contribution in [2.45, 2.75) is 45.1 Å². The van der Waals surface area contributed by atoms with E-state index in [1.165, 1.54) is 6.42 Å². The Morgan fingerprint density at radius 2 is 2.06 bits per heavy atom. The van der Waals surface area contributed by atoms with Gasteiger partial charge < -0.3 is 5.11 Å². The van der Waals surface area contributed by atoms with Gasteiger partial charge >= 0.3 is 0 Å². The van der Waals surface area contributed by atoms with E-state index < -0.39 is 6.10 Å². The Hall–Kier alpha value is -1.15. The average Bonchev–Trinajstić information content (AvgIpc) is 2.46. The molecule has 0 spiro atoms. The Bertz CT molecular complexity index is 385. The summed E-state index contributed by atoms with van der Waals surface area (Å²) in [5, 5.41) is 10.2. The number of aliphatic hydroxyl groups is 1. The van der Waals surface area contributed by atoms with E-state index in [9.17, 15) is 9.90 Å². The van der Waals surface area contributed by atoms with Gasteiger partial charge in [-0.1, -0.05) is 56.5 Å². The molecule has 0 saturated heterocycles. The maximum Gasteiger partial charge on any atom is 0.168 e. The Kier molecular flexibility index (Phi) is 4.54. The fourth-order valence-electron chi connectivity index (χ4n) is 2.94. The second-order valence-corrected chi connectivity index (χ2v) is 5.35. The van der Waals surface area contributed by atoms with E-state index in [0.29, 0.717) is 5.92 Å². The first-order chi connectivity index (χ1) is 8.72. The highest BCUT2D eigenvalue weighted by atomic mass is 16.3. The van der Waals surface area contributed by atoms with Crippen molar-refractivity contribution in [2.24, 2.45) is 11.8 Å². The predicted molar refractivity (Wildman–Crippen MR) is 72.1 cm³/mol. The summed E-state index contributed by atoms with van der Waals surface area (Å²) in [6, 6.07) is 9.27. The average molecular weight is 246 g/mol. The fourth-order valence-corrected chi connectivity index (χ4v) is 2.94. The highest BCUT2D eigenvalue weighted by Gasteiger charge is 2.30. The molecule has 3 unspecified atom stereocenters. The van der Waals surface area contributed by atoms with Crippen molar-refractivity contribution in [1.82, 2.24) is 0 Å². The van der Waals surface area contributed by atoms with Crippen LogP contribution in [0, 0.1) is 11.8 Å². The number of ketones is 1. The van der Waals surface area contributed by atoms with Gasteiger partial charge in [0.1, 0.15) is 6.10 Å². The summed E-state index contributed by atoms with van der Waals surface area (Å²) in [6.45, 7) is 2.19. The molecule has 1 N–H and O–H groups in total. The lowest BCUT2D eigenvalue weighted by Gasteiger charge is -2.28. The van der Waals surface area contributed by atoms with Gasteiger partial charge in [0.25, 0.3) is 0 Å². The van der Waals surface area contributed by atoms with Crippen LogP contribution in [0.5, 0.6) is 0 Å². The molecule has 1 aromatic carbocycles. The minimum atomic E-state index is -0.938. The summed E-state index contributed by atoms with van der Waals surface area (Å²) >= 11 is 0. The summed E-state index contributed by atoms with van der Waals surface area (Å²) in [5.41, 5.74) is 0.723. The van der Waals surface area contributed by atoms with E-state index in [4.69, 9.17) is 0 Å². The number of hydrogen-bond acceptors (Lipinski definition) is 2. The molecule has 1 aromatic rings. The van der Waals surface area contributed by atoms with Crippen LogP contribution in [0.2, 0.25) is 0 Å². The molecule has 1 fully saturated rings. The van der Waals surface area contributed by atoms with Crippen LogP contribution in [0.1, 0.15) is 50.7 Å². The predicted octanol–water partition coefficient (Wildman–Crippen LogP) is 3.51. The standard InChI is InChI=1S/C16H22O2/c1-2-12-7-6-10-14(11-12)16(18)15(17)13-8-4-3-5-9-13/h3-5,8-9,12,14-15,17H,2,6-7,10-11H2,1H3. The number of hydrogen-bond donors (Lipinski definition) is 1. The molecule has 0 heterocycles. The Balaban J connectivity index is 2.02. The van der Waals surface area contributed by atoms with Gasteiger partial charge in [0.2, 0.25) is 0 Å². The van der Waals surface area contributed by atoms with E-state index >= 15 is 0 Å². The SMILES string of the molecule is CCC1CCCC(C(=O)C(O)c2ccccc2)C1. The monoisotopic (exact) mass is 246 g/mol. The summed E-state index contributed by atoms with van der Waals surface area (Å²) < 4.78 is 0. The zero-order valence-corrected chi connectivity index (χ0v) is 11.0. The van der Waals surface area contributed by atoms with Crippen LogP contribution in [0.4, 0.5) is 0 Å². The molecular formula is C16H22O2. The number of aliphatic hydroxyl groups excluding tert-OH is 1.